The summed E-state index contributed by atoms with van der Waals surface area (Å²) in [6.07, 6.45) is 0. The third-order valence-electron chi connectivity index (χ3n) is 2.21. The molecule has 20 heavy (non-hydrogen) atoms. The van der Waals surface area contributed by atoms with Crippen LogP contribution in [0.2, 0.25) is 0 Å². The lowest BCUT2D eigenvalue weighted by Crippen LogP contribution is -2.15. The predicted octanol–water partition coefficient (Wildman–Crippen LogP) is 2.44. The van der Waals surface area contributed by atoms with Crippen LogP contribution in [0.25, 0.3) is 0 Å². The molecule has 0 spiro atoms. The number of pyridine rings is 1. The maximum atomic E-state index is 13.2. The third kappa shape index (κ3) is 3.05. The highest BCUT2D eigenvalue weighted by Crippen LogP contribution is 2.19. The lowest BCUT2D eigenvalue weighted by atomic mass is 10.3. The maximum Gasteiger partial charge on any atom is 0.262 e. The minimum absolute atomic E-state index is 0.485. The van der Waals surface area contributed by atoms with Crippen molar-refractivity contribution in [2.24, 2.45) is 0 Å². The van der Waals surface area contributed by atoms with Crippen LogP contribution in [-0.4, -0.2) is 13.4 Å². The molecule has 1 N–H and O–H groups in total. The van der Waals surface area contributed by atoms with Gasteiger partial charge in [-0.15, -0.1) is 0 Å². The number of hydrogen-bond acceptors (Lipinski definition) is 3. The highest BCUT2D eigenvalue weighted by molar-refractivity contribution is 7.92. The largest absolute Gasteiger partial charge is 0.275 e. The van der Waals surface area contributed by atoms with Gasteiger partial charge in [-0.25, -0.2) is 17.2 Å². The van der Waals surface area contributed by atoms with Gasteiger partial charge in [0, 0.05) is 6.07 Å². The Hall–Kier alpha value is -2.16. The molecule has 0 unspecified atom stereocenters. The maximum absolute atomic E-state index is 13.2. The average Bonchev–Trinajstić information content (AvgIpc) is 2.31. The average molecular weight is 306 g/mol. The normalized spacial score (nSPS) is 11.4. The number of benzene rings is 1. The third-order valence-corrected chi connectivity index (χ3v) is 3.55. The summed E-state index contributed by atoms with van der Waals surface area (Å²) in [5.74, 6) is -4.75. The zero-order valence-electron chi connectivity index (χ0n) is 9.57. The van der Waals surface area contributed by atoms with Crippen LogP contribution in [0, 0.1) is 23.5 Å². The molecule has 0 fully saturated rings. The van der Waals surface area contributed by atoms with E-state index in [0.717, 1.165) is 12.1 Å². The number of anilines is 1. The molecule has 106 valence electrons. The molecule has 0 saturated heterocycles. The number of sulfonamides is 1. The molecule has 0 aliphatic heterocycles. The molecule has 4 nitrogen and oxygen atoms in total. The molecule has 2 rings (SSSR count). The molecule has 1 aromatic heterocycles. The number of nitrogens with one attached hydrogen (secondary N) is 1. The standard InChI is InChI=1S/C11H6F4N2O2S/c12-6-3-7(13)5-8(4-6)20(18,19)17-9-1-2-10(14)16-11(9)15/h1-5,17H. The van der Waals surface area contributed by atoms with Crippen molar-refractivity contribution in [1.29, 1.82) is 0 Å². The van der Waals surface area contributed by atoms with Gasteiger partial charge in [0.05, 0.1) is 4.90 Å². The van der Waals surface area contributed by atoms with E-state index in [-0.39, 0.29) is 0 Å². The van der Waals surface area contributed by atoms with Crippen molar-refractivity contribution in [2.75, 3.05) is 4.72 Å². The quantitative estimate of drug-likeness (QED) is 0.700. The van der Waals surface area contributed by atoms with E-state index in [1.807, 2.05) is 0 Å². The Morgan fingerprint density at radius 2 is 1.55 bits per heavy atom. The fourth-order valence-electron chi connectivity index (χ4n) is 1.38. The molecule has 0 radical (unpaired) electrons. The summed E-state index contributed by atoms with van der Waals surface area (Å²) in [5.41, 5.74) is -0.643. The molecule has 1 heterocycles. The highest BCUT2D eigenvalue weighted by atomic mass is 32.2. The summed E-state index contributed by atoms with van der Waals surface area (Å²) < 4.78 is 77.1. The predicted molar refractivity (Wildman–Crippen MR) is 61.3 cm³/mol. The minimum atomic E-state index is -4.43. The molecular formula is C11H6F4N2O2S. The second-order valence-corrected chi connectivity index (χ2v) is 5.37. The summed E-state index contributed by atoms with van der Waals surface area (Å²) in [5, 5.41) is 0. The highest BCUT2D eigenvalue weighted by Gasteiger charge is 2.19. The Balaban J connectivity index is 2.40. The van der Waals surface area contributed by atoms with E-state index >= 15 is 0 Å². The number of aromatic nitrogens is 1. The minimum Gasteiger partial charge on any atom is -0.275 e. The van der Waals surface area contributed by atoms with Crippen molar-refractivity contribution >= 4 is 15.7 Å². The van der Waals surface area contributed by atoms with Crippen LogP contribution >= 0.6 is 0 Å². The van der Waals surface area contributed by atoms with Crippen molar-refractivity contribution in [2.45, 2.75) is 4.90 Å². The van der Waals surface area contributed by atoms with Crippen molar-refractivity contribution in [1.82, 2.24) is 4.98 Å². The van der Waals surface area contributed by atoms with Gasteiger partial charge in [-0.1, -0.05) is 0 Å². The summed E-state index contributed by atoms with van der Waals surface area (Å²) in [6.45, 7) is 0. The van der Waals surface area contributed by atoms with Gasteiger partial charge in [0.25, 0.3) is 10.0 Å². The van der Waals surface area contributed by atoms with Gasteiger partial charge >= 0.3 is 0 Å². The van der Waals surface area contributed by atoms with Crippen LogP contribution in [0.5, 0.6) is 0 Å². The Morgan fingerprint density at radius 1 is 0.950 bits per heavy atom. The van der Waals surface area contributed by atoms with Crippen LogP contribution in [0.1, 0.15) is 0 Å². The van der Waals surface area contributed by atoms with E-state index in [2.05, 4.69) is 4.98 Å². The van der Waals surface area contributed by atoms with E-state index < -0.39 is 44.1 Å². The van der Waals surface area contributed by atoms with Gasteiger partial charge in [-0.05, 0) is 24.3 Å². The number of hydrogen-bond donors (Lipinski definition) is 1. The molecule has 0 atom stereocenters. The van der Waals surface area contributed by atoms with Crippen molar-refractivity contribution in [3.8, 4) is 0 Å². The van der Waals surface area contributed by atoms with Gasteiger partial charge in [0.2, 0.25) is 11.9 Å². The number of halogens is 4. The van der Waals surface area contributed by atoms with E-state index in [0.29, 0.717) is 18.2 Å². The molecule has 2 aromatic rings. The first-order valence-corrected chi connectivity index (χ1v) is 6.57. The number of rotatable bonds is 3. The monoisotopic (exact) mass is 306 g/mol. The smallest absolute Gasteiger partial charge is 0.262 e. The second-order valence-electron chi connectivity index (χ2n) is 3.68. The van der Waals surface area contributed by atoms with Crippen molar-refractivity contribution < 1.29 is 26.0 Å². The van der Waals surface area contributed by atoms with Crippen LogP contribution in [0.15, 0.2) is 35.2 Å². The van der Waals surface area contributed by atoms with Gasteiger partial charge in [-0.3, -0.25) is 4.72 Å². The molecule has 1 aromatic carbocycles. The summed E-state index contributed by atoms with van der Waals surface area (Å²) in [7, 11) is -4.43. The van der Waals surface area contributed by atoms with E-state index in [1.54, 1.807) is 4.72 Å². The van der Waals surface area contributed by atoms with Gasteiger partial charge in [-0.2, -0.15) is 13.8 Å². The zero-order valence-corrected chi connectivity index (χ0v) is 10.4. The van der Waals surface area contributed by atoms with Gasteiger partial charge in [0.1, 0.15) is 17.3 Å². The lowest BCUT2D eigenvalue weighted by molar-refractivity contribution is 0.515. The van der Waals surface area contributed by atoms with Crippen LogP contribution in [0.3, 0.4) is 0 Å². The molecule has 0 aliphatic rings. The van der Waals surface area contributed by atoms with Gasteiger partial charge < -0.3 is 0 Å². The van der Waals surface area contributed by atoms with Crippen LogP contribution < -0.4 is 4.72 Å². The fraction of sp³-hybridized carbons (Fsp3) is 0. The molecule has 0 amide bonds. The zero-order chi connectivity index (χ0) is 14.9. The molecular weight excluding hydrogens is 300 g/mol. The van der Waals surface area contributed by atoms with Crippen molar-refractivity contribution in [3.05, 3.63) is 53.9 Å². The molecule has 9 heteroatoms. The van der Waals surface area contributed by atoms with E-state index in [1.165, 1.54) is 0 Å². The Bertz CT molecular complexity index is 745. The Labute approximate surface area is 111 Å². The molecule has 0 saturated carbocycles. The van der Waals surface area contributed by atoms with Gasteiger partial charge in [0.15, 0.2) is 0 Å². The topological polar surface area (TPSA) is 59.1 Å². The first-order chi connectivity index (χ1) is 9.28. The molecule has 0 aliphatic carbocycles. The van der Waals surface area contributed by atoms with Crippen LogP contribution in [-0.2, 0) is 10.0 Å². The molecule has 0 bridgehead atoms. The first kappa shape index (κ1) is 14.3. The Kier molecular flexibility index (Phi) is 3.62. The van der Waals surface area contributed by atoms with Crippen LogP contribution in [0.4, 0.5) is 23.2 Å². The van der Waals surface area contributed by atoms with Crippen molar-refractivity contribution in [3.63, 3.8) is 0 Å². The fourth-order valence-corrected chi connectivity index (χ4v) is 2.47. The second kappa shape index (κ2) is 5.08. The summed E-state index contributed by atoms with van der Waals surface area (Å²) in [6, 6.07) is 3.12. The lowest BCUT2D eigenvalue weighted by Gasteiger charge is -2.08. The summed E-state index contributed by atoms with van der Waals surface area (Å²) >= 11 is 0. The first-order valence-electron chi connectivity index (χ1n) is 5.09. The SMILES string of the molecule is O=S(=O)(Nc1ccc(F)nc1F)c1cc(F)cc(F)c1. The van der Waals surface area contributed by atoms with E-state index in [9.17, 15) is 26.0 Å². The van der Waals surface area contributed by atoms with E-state index in [4.69, 9.17) is 0 Å². The Morgan fingerprint density at radius 3 is 2.10 bits per heavy atom. The number of nitrogens with zero attached hydrogens (tertiary/aromatic N) is 1. The summed E-state index contributed by atoms with van der Waals surface area (Å²) in [4.78, 5) is 2.04.